The summed E-state index contributed by atoms with van der Waals surface area (Å²) < 4.78 is 5.16. The van der Waals surface area contributed by atoms with Gasteiger partial charge in [0, 0.05) is 38.4 Å². The molecule has 0 aliphatic carbocycles. The number of ether oxygens (including phenoxy) is 1. The van der Waals surface area contributed by atoms with Gasteiger partial charge < -0.3 is 20.1 Å². The average molecular weight is 293 g/mol. The van der Waals surface area contributed by atoms with E-state index in [2.05, 4.69) is 27.2 Å². The number of benzene rings is 1. The topological polar surface area (TPSA) is 65.0 Å². The van der Waals surface area contributed by atoms with Gasteiger partial charge >= 0.3 is 0 Å². The Morgan fingerprint density at radius 3 is 2.48 bits per heavy atom. The summed E-state index contributed by atoms with van der Waals surface area (Å²) in [4.78, 5) is 16.0. The first kappa shape index (κ1) is 15.6. The highest BCUT2D eigenvalue weighted by Crippen LogP contribution is 2.20. The van der Waals surface area contributed by atoms with Crippen molar-refractivity contribution in [1.29, 1.82) is 0 Å². The van der Waals surface area contributed by atoms with Crippen LogP contribution in [-0.2, 0) is 4.79 Å². The Hall–Kier alpha value is -1.79. The van der Waals surface area contributed by atoms with Gasteiger partial charge in [-0.15, -0.1) is 0 Å². The first-order chi connectivity index (χ1) is 10.2. The van der Waals surface area contributed by atoms with Gasteiger partial charge in [-0.3, -0.25) is 9.69 Å². The average Bonchev–Trinajstić information content (AvgIpc) is 2.54. The second kappa shape index (κ2) is 7.85. The van der Waals surface area contributed by atoms with Crippen LogP contribution in [0.1, 0.15) is 0 Å². The molecule has 0 bridgehead atoms. The molecule has 1 aliphatic rings. The van der Waals surface area contributed by atoms with Crippen molar-refractivity contribution >= 4 is 11.6 Å². The maximum absolute atomic E-state index is 11.6. The fourth-order valence-electron chi connectivity index (χ4n) is 2.41. The third-order valence-corrected chi connectivity index (χ3v) is 3.61. The largest absolute Gasteiger partial charge is 0.497 e. The smallest absolute Gasteiger partial charge is 0.234 e. The second-order valence-corrected chi connectivity index (χ2v) is 5.03. The van der Waals surface area contributed by atoms with E-state index < -0.39 is 0 Å². The molecule has 1 aromatic rings. The first-order valence-electron chi connectivity index (χ1n) is 7.22. The normalized spacial score (nSPS) is 15.8. The Balaban J connectivity index is 1.78. The number of nitrogens with one attached hydrogen (secondary N) is 1. The zero-order valence-electron chi connectivity index (χ0n) is 12.4. The molecular formula is C15H23N3O3. The Labute approximate surface area is 125 Å². The number of amides is 1. The van der Waals surface area contributed by atoms with Gasteiger partial charge in [0.25, 0.3) is 0 Å². The van der Waals surface area contributed by atoms with Crippen LogP contribution in [-0.4, -0.2) is 68.9 Å². The molecule has 2 rings (SSSR count). The van der Waals surface area contributed by atoms with Gasteiger partial charge in [-0.2, -0.15) is 0 Å². The summed E-state index contributed by atoms with van der Waals surface area (Å²) in [7, 11) is 1.66. The number of aliphatic hydroxyl groups is 1. The lowest BCUT2D eigenvalue weighted by atomic mass is 10.2. The van der Waals surface area contributed by atoms with Crippen LogP contribution in [0.2, 0.25) is 0 Å². The zero-order valence-corrected chi connectivity index (χ0v) is 12.4. The lowest BCUT2D eigenvalue weighted by Gasteiger charge is -2.35. The molecule has 0 spiro atoms. The molecule has 6 heteroatoms. The Kier molecular flexibility index (Phi) is 5.83. The quantitative estimate of drug-likeness (QED) is 0.768. The van der Waals surface area contributed by atoms with E-state index in [4.69, 9.17) is 9.84 Å². The van der Waals surface area contributed by atoms with Crippen LogP contribution in [0, 0.1) is 0 Å². The fourth-order valence-corrected chi connectivity index (χ4v) is 2.41. The van der Waals surface area contributed by atoms with Crippen molar-refractivity contribution in [1.82, 2.24) is 10.2 Å². The SMILES string of the molecule is COc1ccc(N2CCN(CC(=O)NCCO)CC2)cc1. The molecule has 0 radical (unpaired) electrons. The highest BCUT2D eigenvalue weighted by atomic mass is 16.5. The van der Waals surface area contributed by atoms with Gasteiger partial charge in [0.05, 0.1) is 20.3 Å². The Morgan fingerprint density at radius 2 is 1.90 bits per heavy atom. The summed E-state index contributed by atoms with van der Waals surface area (Å²) in [6.07, 6.45) is 0. The molecule has 1 amide bonds. The minimum Gasteiger partial charge on any atom is -0.497 e. The van der Waals surface area contributed by atoms with Crippen LogP contribution in [0.4, 0.5) is 5.69 Å². The molecule has 0 aromatic heterocycles. The third kappa shape index (κ3) is 4.61. The van der Waals surface area contributed by atoms with Crippen LogP contribution in [0.25, 0.3) is 0 Å². The maximum atomic E-state index is 11.6. The summed E-state index contributed by atoms with van der Waals surface area (Å²) in [6.45, 7) is 4.23. The molecule has 116 valence electrons. The van der Waals surface area contributed by atoms with E-state index >= 15 is 0 Å². The van der Waals surface area contributed by atoms with Crippen molar-refractivity contribution < 1.29 is 14.6 Å². The van der Waals surface area contributed by atoms with Crippen molar-refractivity contribution in [3.8, 4) is 5.75 Å². The number of aliphatic hydroxyl groups excluding tert-OH is 1. The summed E-state index contributed by atoms with van der Waals surface area (Å²) in [6, 6.07) is 8.04. The minimum absolute atomic E-state index is 0.0169. The van der Waals surface area contributed by atoms with Gasteiger partial charge in [0.15, 0.2) is 0 Å². The lowest BCUT2D eigenvalue weighted by Crippen LogP contribution is -2.49. The first-order valence-corrected chi connectivity index (χ1v) is 7.22. The molecule has 6 nitrogen and oxygen atoms in total. The Morgan fingerprint density at radius 1 is 1.24 bits per heavy atom. The number of nitrogens with zero attached hydrogens (tertiary/aromatic N) is 2. The minimum atomic E-state index is -0.0260. The zero-order chi connectivity index (χ0) is 15.1. The fraction of sp³-hybridized carbons (Fsp3) is 0.533. The van der Waals surface area contributed by atoms with Gasteiger partial charge in [0.2, 0.25) is 5.91 Å². The molecule has 1 saturated heterocycles. The Bertz CT molecular complexity index is 442. The number of hydrogen-bond donors (Lipinski definition) is 2. The number of anilines is 1. The number of carbonyl (C=O) groups is 1. The highest BCUT2D eigenvalue weighted by molar-refractivity contribution is 5.78. The van der Waals surface area contributed by atoms with Crippen molar-refractivity contribution in [2.24, 2.45) is 0 Å². The third-order valence-electron chi connectivity index (χ3n) is 3.61. The van der Waals surface area contributed by atoms with E-state index in [1.54, 1.807) is 7.11 Å². The number of rotatable bonds is 6. The molecule has 0 unspecified atom stereocenters. The van der Waals surface area contributed by atoms with E-state index in [9.17, 15) is 4.79 Å². The maximum Gasteiger partial charge on any atom is 0.234 e. The van der Waals surface area contributed by atoms with E-state index in [1.807, 2.05) is 12.1 Å². The summed E-state index contributed by atoms with van der Waals surface area (Å²) in [5.74, 6) is 0.833. The monoisotopic (exact) mass is 293 g/mol. The van der Waals surface area contributed by atoms with Crippen LogP contribution in [0.15, 0.2) is 24.3 Å². The van der Waals surface area contributed by atoms with Crippen molar-refractivity contribution in [2.75, 3.05) is 57.9 Å². The molecule has 21 heavy (non-hydrogen) atoms. The van der Waals surface area contributed by atoms with E-state index in [-0.39, 0.29) is 12.5 Å². The van der Waals surface area contributed by atoms with Gasteiger partial charge in [-0.05, 0) is 24.3 Å². The molecule has 0 saturated carbocycles. The lowest BCUT2D eigenvalue weighted by molar-refractivity contribution is -0.122. The molecule has 0 atom stereocenters. The summed E-state index contributed by atoms with van der Waals surface area (Å²) >= 11 is 0. The van der Waals surface area contributed by atoms with Crippen LogP contribution in [0.3, 0.4) is 0 Å². The molecule has 1 fully saturated rings. The standard InChI is InChI=1S/C15H23N3O3/c1-21-14-4-2-13(3-5-14)18-9-7-17(8-10-18)12-15(20)16-6-11-19/h2-5,19H,6-12H2,1H3,(H,16,20). The van der Waals surface area contributed by atoms with E-state index in [0.717, 1.165) is 31.9 Å². The molecule has 1 aliphatic heterocycles. The van der Waals surface area contributed by atoms with Crippen molar-refractivity contribution in [2.45, 2.75) is 0 Å². The van der Waals surface area contributed by atoms with Crippen molar-refractivity contribution in [3.05, 3.63) is 24.3 Å². The van der Waals surface area contributed by atoms with Gasteiger partial charge in [-0.25, -0.2) is 0 Å². The molecule has 1 aromatic carbocycles. The number of piperazine rings is 1. The van der Waals surface area contributed by atoms with Crippen molar-refractivity contribution in [3.63, 3.8) is 0 Å². The van der Waals surface area contributed by atoms with E-state index in [1.165, 1.54) is 5.69 Å². The number of methoxy groups -OCH3 is 1. The van der Waals surface area contributed by atoms with Crippen LogP contribution in [0.5, 0.6) is 5.75 Å². The van der Waals surface area contributed by atoms with Crippen LogP contribution < -0.4 is 15.0 Å². The van der Waals surface area contributed by atoms with Gasteiger partial charge in [0.1, 0.15) is 5.75 Å². The highest BCUT2D eigenvalue weighted by Gasteiger charge is 2.18. The second-order valence-electron chi connectivity index (χ2n) is 5.03. The predicted molar refractivity (Wildman–Crippen MR) is 81.7 cm³/mol. The van der Waals surface area contributed by atoms with E-state index in [0.29, 0.717) is 13.1 Å². The van der Waals surface area contributed by atoms with Gasteiger partial charge in [-0.1, -0.05) is 0 Å². The predicted octanol–water partition coefficient (Wildman–Crippen LogP) is -0.0743. The number of carbonyl (C=O) groups excluding carboxylic acids is 1. The molecule has 2 N–H and O–H groups in total. The summed E-state index contributed by atoms with van der Waals surface area (Å²) in [5, 5.41) is 11.4. The van der Waals surface area contributed by atoms with Crippen LogP contribution >= 0.6 is 0 Å². The number of hydrogen-bond acceptors (Lipinski definition) is 5. The molecule has 1 heterocycles. The molecular weight excluding hydrogens is 270 g/mol. The summed E-state index contributed by atoms with van der Waals surface area (Å²) in [5.41, 5.74) is 1.18.